The van der Waals surface area contributed by atoms with E-state index in [9.17, 15) is 14.7 Å². The summed E-state index contributed by atoms with van der Waals surface area (Å²) in [6.07, 6.45) is 74.0. The first-order valence-electron chi connectivity index (χ1n) is 31.6. The first-order valence-corrected chi connectivity index (χ1v) is 31.6. The smallest absolute Gasteiger partial charge is 0.306 e. The second kappa shape index (κ2) is 60.2. The Morgan fingerprint density at radius 1 is 0.279 bits per heavy atom. The van der Waals surface area contributed by atoms with Crippen LogP contribution in [-0.4, -0.2) is 36.4 Å². The average molecular weight is 962 g/mol. The van der Waals surface area contributed by atoms with Crippen LogP contribution in [0.3, 0.4) is 0 Å². The maximum atomic E-state index is 12.3. The fraction of sp³-hybridized carbons (Fsp3) is 0.968. The Kier molecular flexibility index (Phi) is 59.2. The first-order chi connectivity index (χ1) is 33.6. The van der Waals surface area contributed by atoms with Gasteiger partial charge in [0, 0.05) is 12.8 Å². The Morgan fingerprint density at radius 3 is 0.647 bits per heavy atom. The molecule has 0 aromatic rings. The highest BCUT2D eigenvalue weighted by molar-refractivity contribution is 5.70. The van der Waals surface area contributed by atoms with Gasteiger partial charge in [-0.05, 0) is 12.8 Å². The summed E-state index contributed by atoms with van der Waals surface area (Å²) < 4.78 is 10.7. The Bertz CT molecular complexity index is 952. The quantitative estimate of drug-likeness (QED) is 0.0486. The van der Waals surface area contributed by atoms with E-state index in [0.29, 0.717) is 12.8 Å². The number of aliphatic hydroxyl groups is 1. The van der Waals surface area contributed by atoms with E-state index < -0.39 is 6.10 Å². The maximum Gasteiger partial charge on any atom is 0.306 e. The number of hydrogen-bond donors (Lipinski definition) is 1. The molecule has 0 fully saturated rings. The summed E-state index contributed by atoms with van der Waals surface area (Å²) in [4.78, 5) is 24.6. The molecular formula is C63H124O5. The Balaban J connectivity index is 3.37. The predicted molar refractivity (Wildman–Crippen MR) is 298 cm³/mol. The number of aliphatic hydroxyl groups excluding tert-OH is 1. The molecule has 0 spiro atoms. The summed E-state index contributed by atoms with van der Waals surface area (Å²) in [6.45, 7) is 4.22. The molecule has 0 saturated heterocycles. The Labute approximate surface area is 427 Å². The molecule has 0 bridgehead atoms. The summed E-state index contributed by atoms with van der Waals surface area (Å²) in [6, 6.07) is 0. The second-order valence-electron chi connectivity index (χ2n) is 21.9. The van der Waals surface area contributed by atoms with Crippen molar-refractivity contribution in [2.45, 2.75) is 380 Å². The molecule has 1 N–H and O–H groups in total. The molecule has 406 valence electrons. The van der Waals surface area contributed by atoms with Crippen LogP contribution in [0.15, 0.2) is 0 Å². The lowest BCUT2D eigenvalue weighted by Crippen LogP contribution is -2.28. The normalized spacial score (nSPS) is 12.0. The van der Waals surface area contributed by atoms with Gasteiger partial charge >= 0.3 is 11.9 Å². The van der Waals surface area contributed by atoms with Crippen LogP contribution in [0.2, 0.25) is 0 Å². The van der Waals surface area contributed by atoms with Crippen molar-refractivity contribution in [2.24, 2.45) is 0 Å². The van der Waals surface area contributed by atoms with Gasteiger partial charge in [-0.3, -0.25) is 9.59 Å². The number of esters is 2. The number of rotatable bonds is 60. The minimum absolute atomic E-state index is 0.0555. The van der Waals surface area contributed by atoms with Gasteiger partial charge in [0.1, 0.15) is 6.61 Å². The summed E-state index contributed by atoms with van der Waals surface area (Å²) in [7, 11) is 0. The third kappa shape index (κ3) is 57.5. The fourth-order valence-corrected chi connectivity index (χ4v) is 10.2. The Morgan fingerprint density at radius 2 is 0.456 bits per heavy atom. The molecule has 0 aliphatic heterocycles. The third-order valence-electron chi connectivity index (χ3n) is 14.9. The highest BCUT2D eigenvalue weighted by Crippen LogP contribution is 2.19. The molecule has 0 aliphatic rings. The summed E-state index contributed by atoms with van der Waals surface area (Å²) in [5.41, 5.74) is 0. The van der Waals surface area contributed by atoms with Crippen molar-refractivity contribution >= 4 is 11.9 Å². The van der Waals surface area contributed by atoms with Crippen LogP contribution < -0.4 is 0 Å². The van der Waals surface area contributed by atoms with Crippen molar-refractivity contribution in [1.82, 2.24) is 0 Å². The van der Waals surface area contributed by atoms with Gasteiger partial charge in [0.2, 0.25) is 0 Å². The summed E-state index contributed by atoms with van der Waals surface area (Å²) in [5, 5.41) is 9.67. The molecule has 0 aliphatic carbocycles. The molecule has 0 radical (unpaired) electrons. The molecule has 0 heterocycles. The highest BCUT2D eigenvalue weighted by atomic mass is 16.6. The van der Waals surface area contributed by atoms with Gasteiger partial charge in [0.15, 0.2) is 6.10 Å². The van der Waals surface area contributed by atoms with E-state index in [-0.39, 0.29) is 25.2 Å². The van der Waals surface area contributed by atoms with E-state index in [0.717, 1.165) is 32.1 Å². The minimum Gasteiger partial charge on any atom is -0.462 e. The molecule has 0 aromatic heterocycles. The lowest BCUT2D eigenvalue weighted by Gasteiger charge is -2.15. The van der Waals surface area contributed by atoms with Crippen LogP contribution in [0.25, 0.3) is 0 Å². The monoisotopic (exact) mass is 961 g/mol. The summed E-state index contributed by atoms with van der Waals surface area (Å²) in [5.74, 6) is -0.560. The third-order valence-corrected chi connectivity index (χ3v) is 14.9. The SMILES string of the molecule is CCCCCCCCCCCCCCCCCCCCCCCCCCCCCCCCC(=O)OC(CO)COC(=O)CCCCCCCCCCCCCCCCCCCCCCCCCC. The van der Waals surface area contributed by atoms with Crippen molar-refractivity contribution in [3.8, 4) is 0 Å². The molecule has 1 atom stereocenters. The van der Waals surface area contributed by atoms with Gasteiger partial charge in [0.25, 0.3) is 0 Å². The molecule has 0 aromatic carbocycles. The molecule has 0 saturated carbocycles. The summed E-state index contributed by atoms with van der Waals surface area (Å²) >= 11 is 0. The van der Waals surface area contributed by atoms with Crippen molar-refractivity contribution in [2.75, 3.05) is 13.2 Å². The zero-order chi connectivity index (χ0) is 49.2. The van der Waals surface area contributed by atoms with Gasteiger partial charge < -0.3 is 14.6 Å². The molecule has 5 nitrogen and oxygen atoms in total. The van der Waals surface area contributed by atoms with E-state index in [1.54, 1.807) is 0 Å². The molecule has 0 rings (SSSR count). The van der Waals surface area contributed by atoms with Gasteiger partial charge in [-0.25, -0.2) is 0 Å². The minimum atomic E-state index is -0.765. The van der Waals surface area contributed by atoms with E-state index in [2.05, 4.69) is 13.8 Å². The average Bonchev–Trinajstić information content (AvgIpc) is 3.34. The van der Waals surface area contributed by atoms with Crippen LogP contribution in [0.5, 0.6) is 0 Å². The van der Waals surface area contributed by atoms with Gasteiger partial charge in [-0.2, -0.15) is 0 Å². The number of unbranched alkanes of at least 4 members (excludes halogenated alkanes) is 52. The zero-order valence-corrected chi connectivity index (χ0v) is 46.7. The standard InChI is InChI=1S/C63H124O5/c1-3-5-7-9-11-13-15-17-19-21-23-25-27-29-30-31-32-33-34-36-38-40-42-44-46-48-50-52-54-56-58-63(66)68-61(59-64)60-67-62(65)57-55-53-51-49-47-45-43-41-39-37-35-28-26-24-22-20-18-16-14-12-10-8-6-4-2/h61,64H,3-60H2,1-2H3. The highest BCUT2D eigenvalue weighted by Gasteiger charge is 2.16. The van der Waals surface area contributed by atoms with Gasteiger partial charge in [-0.1, -0.05) is 348 Å². The lowest BCUT2D eigenvalue weighted by molar-refractivity contribution is -0.161. The van der Waals surface area contributed by atoms with Crippen LogP contribution >= 0.6 is 0 Å². The van der Waals surface area contributed by atoms with Gasteiger partial charge in [-0.15, -0.1) is 0 Å². The first kappa shape index (κ1) is 66.9. The van der Waals surface area contributed by atoms with Crippen LogP contribution in [0.4, 0.5) is 0 Å². The number of ether oxygens (including phenoxy) is 2. The number of carbonyl (C=O) groups is 2. The van der Waals surface area contributed by atoms with E-state index in [1.165, 1.54) is 315 Å². The number of carbonyl (C=O) groups excluding carboxylic acids is 2. The largest absolute Gasteiger partial charge is 0.462 e. The molecule has 68 heavy (non-hydrogen) atoms. The molecule has 1 unspecified atom stereocenters. The second-order valence-corrected chi connectivity index (χ2v) is 21.9. The van der Waals surface area contributed by atoms with Crippen molar-refractivity contribution < 1.29 is 24.2 Å². The van der Waals surface area contributed by atoms with E-state index >= 15 is 0 Å². The van der Waals surface area contributed by atoms with E-state index in [4.69, 9.17) is 9.47 Å². The number of hydrogen-bond acceptors (Lipinski definition) is 5. The van der Waals surface area contributed by atoms with E-state index in [1.807, 2.05) is 0 Å². The predicted octanol–water partition coefficient (Wildman–Crippen LogP) is 21.3. The molecular weight excluding hydrogens is 837 g/mol. The zero-order valence-electron chi connectivity index (χ0n) is 46.7. The van der Waals surface area contributed by atoms with Crippen LogP contribution in [0, 0.1) is 0 Å². The maximum absolute atomic E-state index is 12.3. The molecule has 5 heteroatoms. The molecule has 0 amide bonds. The van der Waals surface area contributed by atoms with Crippen molar-refractivity contribution in [3.05, 3.63) is 0 Å². The lowest BCUT2D eigenvalue weighted by atomic mass is 10.0. The van der Waals surface area contributed by atoms with Crippen molar-refractivity contribution in [3.63, 3.8) is 0 Å². The Hall–Kier alpha value is -1.10. The van der Waals surface area contributed by atoms with Crippen LogP contribution in [0.1, 0.15) is 373 Å². The topological polar surface area (TPSA) is 72.8 Å². The fourth-order valence-electron chi connectivity index (χ4n) is 10.2. The van der Waals surface area contributed by atoms with Gasteiger partial charge in [0.05, 0.1) is 6.61 Å². The van der Waals surface area contributed by atoms with Crippen molar-refractivity contribution in [1.29, 1.82) is 0 Å². The van der Waals surface area contributed by atoms with Crippen LogP contribution in [-0.2, 0) is 19.1 Å².